The third-order valence-corrected chi connectivity index (χ3v) is 7.71. The molecule has 186 valence electrons. The van der Waals surface area contributed by atoms with Crippen molar-refractivity contribution in [3.63, 3.8) is 0 Å². The van der Waals surface area contributed by atoms with E-state index < -0.39 is 0 Å². The number of hydrogen-bond donors (Lipinski definition) is 0. The number of nitriles is 1. The van der Waals surface area contributed by atoms with Gasteiger partial charge in [0.25, 0.3) is 0 Å². The lowest BCUT2D eigenvalue weighted by Crippen LogP contribution is -2.55. The van der Waals surface area contributed by atoms with Crippen molar-refractivity contribution in [3.05, 3.63) is 47.9 Å². The van der Waals surface area contributed by atoms with Gasteiger partial charge in [-0.05, 0) is 51.8 Å². The Hall–Kier alpha value is -3.22. The topological polar surface area (TPSA) is 94.8 Å². The highest BCUT2D eigenvalue weighted by atomic mass is 16.5. The molecule has 1 spiro atoms. The van der Waals surface area contributed by atoms with Crippen LogP contribution in [0.15, 0.2) is 36.5 Å². The maximum absolute atomic E-state index is 13.8. The molecule has 2 amide bonds. The quantitative estimate of drug-likeness (QED) is 0.537. The van der Waals surface area contributed by atoms with Gasteiger partial charge in [0.15, 0.2) is 0 Å². The van der Waals surface area contributed by atoms with Crippen LogP contribution in [0, 0.1) is 11.3 Å². The SMILES string of the molecule is COCCCN1C(=O)N(c2cnc(C#N)nc2OC)C[C@]12CC[C@](c1ccccc1)(N(C)C)CC2. The summed E-state index contributed by atoms with van der Waals surface area (Å²) < 4.78 is 10.7. The molecule has 35 heavy (non-hydrogen) atoms. The van der Waals surface area contributed by atoms with Gasteiger partial charge in [0.1, 0.15) is 11.8 Å². The van der Waals surface area contributed by atoms with Crippen molar-refractivity contribution in [2.75, 3.05) is 52.9 Å². The maximum atomic E-state index is 13.8. The van der Waals surface area contributed by atoms with Crippen molar-refractivity contribution < 1.29 is 14.3 Å². The first-order chi connectivity index (χ1) is 16.9. The summed E-state index contributed by atoms with van der Waals surface area (Å²) in [5, 5.41) is 9.18. The van der Waals surface area contributed by atoms with Crippen LogP contribution < -0.4 is 9.64 Å². The molecule has 0 unspecified atom stereocenters. The molecule has 1 saturated heterocycles. The Morgan fingerprint density at radius 3 is 2.46 bits per heavy atom. The van der Waals surface area contributed by atoms with Gasteiger partial charge in [-0.25, -0.2) is 9.78 Å². The van der Waals surface area contributed by atoms with Crippen molar-refractivity contribution >= 4 is 11.7 Å². The van der Waals surface area contributed by atoms with Gasteiger partial charge in [0.05, 0.1) is 25.4 Å². The number of carbonyl (C=O) groups excluding carboxylic acids is 1. The summed E-state index contributed by atoms with van der Waals surface area (Å²) in [5.74, 6) is 0.252. The van der Waals surface area contributed by atoms with Gasteiger partial charge in [-0.3, -0.25) is 9.80 Å². The minimum Gasteiger partial charge on any atom is -0.479 e. The summed E-state index contributed by atoms with van der Waals surface area (Å²) in [6, 6.07) is 12.5. The predicted molar refractivity (Wildman–Crippen MR) is 132 cm³/mol. The van der Waals surface area contributed by atoms with Gasteiger partial charge in [0.2, 0.25) is 11.7 Å². The maximum Gasteiger partial charge on any atom is 0.325 e. The number of aromatic nitrogens is 2. The zero-order chi connectivity index (χ0) is 25.1. The summed E-state index contributed by atoms with van der Waals surface area (Å²) in [6.45, 7) is 1.74. The fraction of sp³-hybridized carbons (Fsp3) is 0.538. The highest BCUT2D eigenvalue weighted by Gasteiger charge is 2.55. The lowest BCUT2D eigenvalue weighted by Gasteiger charge is -2.51. The zero-order valence-corrected chi connectivity index (χ0v) is 21.0. The standard InChI is InChI=1S/C26H34N6O3/c1-30(2)26(20-9-6-5-7-10-20)13-11-25(12-14-26)19-31(24(33)32(25)15-8-16-34-3)21-18-28-22(17-27)29-23(21)35-4/h5-7,9-10,18H,8,11-16,19H2,1-4H3/t25-,26+. The minimum absolute atomic E-state index is 0.0141. The number of benzene rings is 1. The van der Waals surface area contributed by atoms with E-state index >= 15 is 0 Å². The monoisotopic (exact) mass is 478 g/mol. The summed E-state index contributed by atoms with van der Waals surface area (Å²) in [7, 11) is 7.46. The third kappa shape index (κ3) is 4.44. The van der Waals surface area contributed by atoms with Crippen LogP contribution in [0.5, 0.6) is 5.88 Å². The summed E-state index contributed by atoms with van der Waals surface area (Å²) in [5.41, 5.74) is 1.43. The number of carbonyl (C=O) groups is 1. The van der Waals surface area contributed by atoms with Crippen molar-refractivity contribution in [1.29, 1.82) is 5.26 Å². The highest BCUT2D eigenvalue weighted by molar-refractivity contribution is 5.96. The van der Waals surface area contributed by atoms with E-state index in [-0.39, 0.29) is 28.8 Å². The van der Waals surface area contributed by atoms with Crippen LogP contribution in [0.25, 0.3) is 0 Å². The van der Waals surface area contributed by atoms with Crippen LogP contribution in [0.3, 0.4) is 0 Å². The van der Waals surface area contributed by atoms with Gasteiger partial charge in [0, 0.05) is 25.8 Å². The molecule has 1 aromatic heterocycles. The number of ether oxygens (including phenoxy) is 2. The van der Waals surface area contributed by atoms with E-state index in [1.807, 2.05) is 11.0 Å². The fourth-order valence-corrected chi connectivity index (χ4v) is 5.73. The number of anilines is 1. The Balaban J connectivity index is 1.67. The first kappa shape index (κ1) is 24.9. The molecule has 0 bridgehead atoms. The molecule has 1 saturated carbocycles. The molecular weight excluding hydrogens is 444 g/mol. The Labute approximate surface area is 207 Å². The molecule has 1 aromatic carbocycles. The molecule has 1 aliphatic heterocycles. The average molecular weight is 479 g/mol. The minimum atomic E-state index is -0.308. The fourth-order valence-electron chi connectivity index (χ4n) is 5.73. The predicted octanol–water partition coefficient (Wildman–Crippen LogP) is 3.41. The van der Waals surface area contributed by atoms with E-state index in [9.17, 15) is 10.1 Å². The Kier molecular flexibility index (Phi) is 7.24. The number of methoxy groups -OCH3 is 2. The van der Waals surface area contributed by atoms with Crippen LogP contribution >= 0.6 is 0 Å². The molecule has 0 atom stereocenters. The van der Waals surface area contributed by atoms with Gasteiger partial charge in [-0.1, -0.05) is 30.3 Å². The molecule has 0 N–H and O–H groups in total. The Morgan fingerprint density at radius 1 is 1.14 bits per heavy atom. The number of nitrogens with zero attached hydrogens (tertiary/aromatic N) is 6. The summed E-state index contributed by atoms with van der Waals surface area (Å²) >= 11 is 0. The second kappa shape index (κ2) is 10.2. The average Bonchev–Trinajstić information content (AvgIpc) is 3.15. The highest BCUT2D eigenvalue weighted by Crippen LogP contribution is 2.50. The first-order valence-corrected chi connectivity index (χ1v) is 12.0. The summed E-state index contributed by atoms with van der Waals surface area (Å²) in [4.78, 5) is 28.1. The number of amides is 2. The molecule has 1 aliphatic carbocycles. The van der Waals surface area contributed by atoms with Gasteiger partial charge < -0.3 is 14.4 Å². The van der Waals surface area contributed by atoms with Gasteiger partial charge in [-0.15, -0.1) is 0 Å². The first-order valence-electron chi connectivity index (χ1n) is 12.0. The Bertz CT molecular complexity index is 1080. The lowest BCUT2D eigenvalue weighted by molar-refractivity contribution is 0.0240. The molecule has 2 aliphatic rings. The number of hydrogen-bond acceptors (Lipinski definition) is 7. The van der Waals surface area contributed by atoms with Crippen LogP contribution in [0.2, 0.25) is 0 Å². The van der Waals surface area contributed by atoms with Crippen molar-refractivity contribution in [3.8, 4) is 11.9 Å². The largest absolute Gasteiger partial charge is 0.479 e. The van der Waals surface area contributed by atoms with E-state index in [1.165, 1.54) is 18.9 Å². The molecule has 0 radical (unpaired) electrons. The van der Waals surface area contributed by atoms with E-state index in [4.69, 9.17) is 9.47 Å². The Morgan fingerprint density at radius 2 is 1.86 bits per heavy atom. The smallest absolute Gasteiger partial charge is 0.325 e. The third-order valence-electron chi connectivity index (χ3n) is 7.71. The second-order valence-electron chi connectivity index (χ2n) is 9.58. The lowest BCUT2D eigenvalue weighted by atomic mass is 9.68. The molecule has 9 nitrogen and oxygen atoms in total. The molecular formula is C26H34N6O3. The number of urea groups is 1. The molecule has 4 rings (SSSR count). The summed E-state index contributed by atoms with van der Waals surface area (Å²) in [6.07, 6.45) is 5.89. The molecule has 9 heteroatoms. The second-order valence-corrected chi connectivity index (χ2v) is 9.58. The van der Waals surface area contributed by atoms with Crippen molar-refractivity contribution in [1.82, 2.24) is 19.8 Å². The van der Waals surface area contributed by atoms with Gasteiger partial charge in [-0.2, -0.15) is 10.2 Å². The van der Waals surface area contributed by atoms with E-state index in [1.54, 1.807) is 12.0 Å². The van der Waals surface area contributed by atoms with E-state index in [0.29, 0.717) is 25.4 Å². The van der Waals surface area contributed by atoms with Crippen LogP contribution in [-0.2, 0) is 10.3 Å². The van der Waals surface area contributed by atoms with Crippen molar-refractivity contribution in [2.24, 2.45) is 0 Å². The van der Waals surface area contributed by atoms with Gasteiger partial charge >= 0.3 is 6.03 Å². The molecule has 2 aromatic rings. The van der Waals surface area contributed by atoms with E-state index in [0.717, 1.165) is 32.1 Å². The van der Waals surface area contributed by atoms with Crippen LogP contribution in [0.1, 0.15) is 43.5 Å². The van der Waals surface area contributed by atoms with Crippen LogP contribution in [-0.4, -0.2) is 79.3 Å². The van der Waals surface area contributed by atoms with Crippen LogP contribution in [0.4, 0.5) is 10.5 Å². The normalized spacial score (nSPS) is 24.3. The van der Waals surface area contributed by atoms with Crippen molar-refractivity contribution in [2.45, 2.75) is 43.2 Å². The number of rotatable bonds is 8. The molecule has 2 fully saturated rings. The zero-order valence-electron chi connectivity index (χ0n) is 21.0. The van der Waals surface area contributed by atoms with E-state index in [2.05, 4.69) is 59.3 Å². The molecule has 2 heterocycles.